The van der Waals surface area contributed by atoms with E-state index in [2.05, 4.69) is 51.1 Å². The molecule has 0 unspecified atom stereocenters. The zero-order chi connectivity index (χ0) is 15.8. The fraction of sp³-hybridized carbons (Fsp3) is 0.278. The lowest BCUT2D eigenvalue weighted by molar-refractivity contribution is 0.313. The first-order chi connectivity index (χ1) is 11.2. The van der Waals surface area contributed by atoms with Gasteiger partial charge < -0.3 is 20.5 Å². The summed E-state index contributed by atoms with van der Waals surface area (Å²) in [7, 11) is 2.18. The Morgan fingerprint density at radius 2 is 1.74 bits per heavy atom. The topological polar surface area (TPSA) is 61.2 Å². The van der Waals surface area contributed by atoms with Crippen molar-refractivity contribution in [2.45, 2.75) is 0 Å². The highest BCUT2D eigenvalue weighted by atomic mass is 15.2. The SMILES string of the molecule is CN1CCN(c2ccc(-c3nc4ccc(N)cc4[nH]3)cc2)CC1. The number of piperazine rings is 1. The van der Waals surface area contributed by atoms with E-state index in [4.69, 9.17) is 5.73 Å². The second-order valence-corrected chi connectivity index (χ2v) is 6.20. The molecule has 1 saturated heterocycles. The molecule has 0 atom stereocenters. The van der Waals surface area contributed by atoms with Crippen LogP contribution in [0.1, 0.15) is 0 Å². The van der Waals surface area contributed by atoms with Gasteiger partial charge in [0.05, 0.1) is 11.0 Å². The number of H-pyrrole nitrogens is 1. The molecular weight excluding hydrogens is 286 g/mol. The maximum Gasteiger partial charge on any atom is 0.138 e. The second-order valence-electron chi connectivity index (χ2n) is 6.20. The maximum atomic E-state index is 5.83. The van der Waals surface area contributed by atoms with Gasteiger partial charge in [-0.05, 0) is 49.5 Å². The Morgan fingerprint density at radius 1 is 1.00 bits per heavy atom. The molecule has 0 bridgehead atoms. The van der Waals surface area contributed by atoms with Crippen LogP contribution in [0.25, 0.3) is 22.4 Å². The van der Waals surface area contributed by atoms with Crippen LogP contribution in [-0.4, -0.2) is 48.1 Å². The molecule has 0 aliphatic carbocycles. The molecule has 3 aromatic rings. The van der Waals surface area contributed by atoms with Crippen molar-refractivity contribution < 1.29 is 0 Å². The molecule has 0 spiro atoms. The van der Waals surface area contributed by atoms with E-state index in [0.717, 1.165) is 54.3 Å². The molecule has 2 aromatic carbocycles. The first kappa shape index (κ1) is 14.1. The number of anilines is 2. The molecule has 1 aliphatic heterocycles. The van der Waals surface area contributed by atoms with Gasteiger partial charge in [-0.1, -0.05) is 0 Å². The van der Waals surface area contributed by atoms with Crippen LogP contribution in [0.3, 0.4) is 0 Å². The first-order valence-electron chi connectivity index (χ1n) is 7.98. The Kier molecular flexibility index (Phi) is 3.42. The molecule has 23 heavy (non-hydrogen) atoms. The number of nitrogens with one attached hydrogen (secondary N) is 1. The second kappa shape index (κ2) is 5.59. The highest BCUT2D eigenvalue weighted by molar-refractivity contribution is 5.82. The highest BCUT2D eigenvalue weighted by Crippen LogP contribution is 2.25. The summed E-state index contributed by atoms with van der Waals surface area (Å²) in [6, 6.07) is 14.4. The molecule has 4 rings (SSSR count). The van der Waals surface area contributed by atoms with Gasteiger partial charge in [0.1, 0.15) is 5.82 Å². The number of hydrogen-bond donors (Lipinski definition) is 2. The molecule has 5 heteroatoms. The lowest BCUT2D eigenvalue weighted by Gasteiger charge is -2.34. The average molecular weight is 307 g/mol. The van der Waals surface area contributed by atoms with E-state index in [0.29, 0.717) is 0 Å². The first-order valence-corrected chi connectivity index (χ1v) is 7.98. The summed E-state index contributed by atoms with van der Waals surface area (Å²) in [5.41, 5.74) is 10.9. The number of rotatable bonds is 2. The zero-order valence-corrected chi connectivity index (χ0v) is 13.3. The largest absolute Gasteiger partial charge is 0.399 e. The van der Waals surface area contributed by atoms with Gasteiger partial charge in [-0.2, -0.15) is 0 Å². The Bertz CT molecular complexity index is 813. The Labute approximate surface area is 135 Å². The van der Waals surface area contributed by atoms with Crippen molar-refractivity contribution in [2.75, 3.05) is 43.9 Å². The van der Waals surface area contributed by atoms with Crippen LogP contribution in [-0.2, 0) is 0 Å². The summed E-state index contributed by atoms with van der Waals surface area (Å²) in [4.78, 5) is 12.8. The third-order valence-electron chi connectivity index (χ3n) is 4.52. The molecule has 2 heterocycles. The molecule has 3 N–H and O–H groups in total. The van der Waals surface area contributed by atoms with Gasteiger partial charge in [0.25, 0.3) is 0 Å². The molecule has 118 valence electrons. The number of hydrogen-bond acceptors (Lipinski definition) is 4. The maximum absolute atomic E-state index is 5.83. The predicted octanol–water partition coefficient (Wildman–Crippen LogP) is 2.56. The highest BCUT2D eigenvalue weighted by Gasteiger charge is 2.14. The fourth-order valence-corrected chi connectivity index (χ4v) is 3.06. The standard InChI is InChI=1S/C18H21N5/c1-22-8-10-23(11-9-22)15-5-2-13(3-6-15)18-20-16-7-4-14(19)12-17(16)21-18/h2-7,12H,8-11,19H2,1H3,(H,20,21). The normalized spacial score (nSPS) is 16.1. The van der Waals surface area contributed by atoms with E-state index in [1.807, 2.05) is 18.2 Å². The molecule has 0 amide bonds. The van der Waals surface area contributed by atoms with Crippen LogP contribution in [0.15, 0.2) is 42.5 Å². The Morgan fingerprint density at radius 3 is 2.48 bits per heavy atom. The van der Waals surface area contributed by atoms with Crippen molar-refractivity contribution in [2.24, 2.45) is 0 Å². The molecule has 1 fully saturated rings. The third kappa shape index (κ3) is 2.75. The van der Waals surface area contributed by atoms with Crippen LogP contribution in [0.2, 0.25) is 0 Å². The quantitative estimate of drug-likeness (QED) is 0.714. The van der Waals surface area contributed by atoms with Crippen molar-refractivity contribution >= 4 is 22.4 Å². The summed E-state index contributed by atoms with van der Waals surface area (Å²) in [6.07, 6.45) is 0. The summed E-state index contributed by atoms with van der Waals surface area (Å²) < 4.78 is 0. The summed E-state index contributed by atoms with van der Waals surface area (Å²) in [6.45, 7) is 4.40. The van der Waals surface area contributed by atoms with Crippen molar-refractivity contribution in [3.63, 3.8) is 0 Å². The van der Waals surface area contributed by atoms with Crippen molar-refractivity contribution in [1.29, 1.82) is 0 Å². The Balaban J connectivity index is 1.59. The number of aromatic amines is 1. The van der Waals surface area contributed by atoms with Gasteiger partial charge >= 0.3 is 0 Å². The van der Waals surface area contributed by atoms with Gasteiger partial charge in [-0.15, -0.1) is 0 Å². The number of nitrogens with zero attached hydrogens (tertiary/aromatic N) is 3. The van der Waals surface area contributed by atoms with E-state index in [1.54, 1.807) is 0 Å². The van der Waals surface area contributed by atoms with Crippen LogP contribution in [0, 0.1) is 0 Å². The monoisotopic (exact) mass is 307 g/mol. The Hall–Kier alpha value is -2.53. The third-order valence-corrected chi connectivity index (χ3v) is 4.52. The van der Waals surface area contributed by atoms with Gasteiger partial charge in [-0.25, -0.2) is 4.98 Å². The number of nitrogen functional groups attached to an aromatic ring is 1. The van der Waals surface area contributed by atoms with E-state index in [1.165, 1.54) is 5.69 Å². The van der Waals surface area contributed by atoms with E-state index in [-0.39, 0.29) is 0 Å². The molecule has 1 aliphatic rings. The number of benzene rings is 2. The van der Waals surface area contributed by atoms with Crippen LogP contribution >= 0.6 is 0 Å². The van der Waals surface area contributed by atoms with E-state index in [9.17, 15) is 0 Å². The number of aromatic nitrogens is 2. The van der Waals surface area contributed by atoms with E-state index >= 15 is 0 Å². The smallest absolute Gasteiger partial charge is 0.138 e. The van der Waals surface area contributed by atoms with Crippen LogP contribution in [0.5, 0.6) is 0 Å². The molecule has 0 radical (unpaired) electrons. The minimum atomic E-state index is 0.748. The van der Waals surface area contributed by atoms with Gasteiger partial charge in [0.15, 0.2) is 0 Å². The van der Waals surface area contributed by atoms with Crippen molar-refractivity contribution in [3.05, 3.63) is 42.5 Å². The summed E-state index contributed by atoms with van der Waals surface area (Å²) >= 11 is 0. The number of imidazole rings is 1. The molecule has 1 aromatic heterocycles. The summed E-state index contributed by atoms with van der Waals surface area (Å²) in [5.74, 6) is 0.885. The zero-order valence-electron chi connectivity index (χ0n) is 13.3. The van der Waals surface area contributed by atoms with Gasteiger partial charge in [-0.3, -0.25) is 0 Å². The lowest BCUT2D eigenvalue weighted by Crippen LogP contribution is -2.44. The predicted molar refractivity (Wildman–Crippen MR) is 95.7 cm³/mol. The molecule has 0 saturated carbocycles. The number of likely N-dealkylation sites (N-methyl/N-ethyl adjacent to an activating group) is 1. The fourth-order valence-electron chi connectivity index (χ4n) is 3.06. The molecular formula is C18H21N5. The lowest BCUT2D eigenvalue weighted by atomic mass is 10.1. The van der Waals surface area contributed by atoms with Crippen molar-refractivity contribution in [3.8, 4) is 11.4 Å². The van der Waals surface area contributed by atoms with Crippen LogP contribution in [0.4, 0.5) is 11.4 Å². The van der Waals surface area contributed by atoms with E-state index < -0.39 is 0 Å². The average Bonchev–Trinajstić information content (AvgIpc) is 2.99. The minimum Gasteiger partial charge on any atom is -0.399 e. The minimum absolute atomic E-state index is 0.748. The van der Waals surface area contributed by atoms with Gasteiger partial charge in [0.2, 0.25) is 0 Å². The number of fused-ring (bicyclic) bond motifs is 1. The van der Waals surface area contributed by atoms with Crippen LogP contribution < -0.4 is 10.6 Å². The summed E-state index contributed by atoms with van der Waals surface area (Å²) in [5, 5.41) is 0. The number of nitrogens with two attached hydrogens (primary N) is 1. The van der Waals surface area contributed by atoms with Gasteiger partial charge in [0, 0.05) is 43.1 Å². The van der Waals surface area contributed by atoms with Crippen molar-refractivity contribution in [1.82, 2.24) is 14.9 Å². The molecule has 5 nitrogen and oxygen atoms in total.